The van der Waals surface area contributed by atoms with E-state index in [4.69, 9.17) is 11.6 Å². The first-order valence-corrected chi connectivity index (χ1v) is 6.81. The molecule has 0 aliphatic carbocycles. The Morgan fingerprint density at radius 1 is 1.33 bits per heavy atom. The summed E-state index contributed by atoms with van der Waals surface area (Å²) in [5.74, 6) is 0.0634. The zero-order valence-corrected chi connectivity index (χ0v) is 12.3. The van der Waals surface area contributed by atoms with Gasteiger partial charge in [0.2, 0.25) is 5.91 Å². The minimum atomic E-state index is 0.0634. The molecular formula is C15H22ClNO. The van der Waals surface area contributed by atoms with Crippen LogP contribution in [0.2, 0.25) is 0 Å². The van der Waals surface area contributed by atoms with Crippen molar-refractivity contribution in [2.45, 2.75) is 52.0 Å². The van der Waals surface area contributed by atoms with Crippen molar-refractivity contribution >= 4 is 17.5 Å². The summed E-state index contributed by atoms with van der Waals surface area (Å²) < 4.78 is 0. The van der Waals surface area contributed by atoms with Crippen molar-refractivity contribution in [1.29, 1.82) is 0 Å². The molecule has 0 aliphatic rings. The molecule has 0 aliphatic heterocycles. The molecule has 0 saturated heterocycles. The molecular weight excluding hydrogens is 246 g/mol. The summed E-state index contributed by atoms with van der Waals surface area (Å²) in [6, 6.07) is 6.32. The molecule has 2 nitrogen and oxygen atoms in total. The number of carbonyl (C=O) groups excluding carboxylic acids is 1. The highest BCUT2D eigenvalue weighted by atomic mass is 35.5. The van der Waals surface area contributed by atoms with Crippen molar-refractivity contribution in [3.05, 3.63) is 34.9 Å². The third kappa shape index (κ3) is 5.09. The second-order valence-electron chi connectivity index (χ2n) is 5.09. The summed E-state index contributed by atoms with van der Waals surface area (Å²) in [5.41, 5.74) is 3.44. The number of nitrogens with one attached hydrogen (secondary N) is 1. The zero-order chi connectivity index (χ0) is 13.7. The zero-order valence-electron chi connectivity index (χ0n) is 11.6. The van der Waals surface area contributed by atoms with Crippen LogP contribution in [0.4, 0.5) is 0 Å². The summed E-state index contributed by atoms with van der Waals surface area (Å²) in [6.07, 6.45) is 1.23. The van der Waals surface area contributed by atoms with E-state index in [9.17, 15) is 4.79 Å². The highest BCUT2D eigenvalue weighted by molar-refractivity contribution is 6.20. The summed E-state index contributed by atoms with van der Waals surface area (Å²) in [4.78, 5) is 11.9. The van der Waals surface area contributed by atoms with E-state index in [-0.39, 0.29) is 17.3 Å². The van der Waals surface area contributed by atoms with E-state index in [1.54, 1.807) is 0 Å². The lowest BCUT2D eigenvalue weighted by Gasteiger charge is -2.15. The number of alkyl halides is 1. The predicted molar refractivity (Wildman–Crippen MR) is 77.2 cm³/mol. The first kappa shape index (κ1) is 15.0. The Bertz CT molecular complexity index is 415. The van der Waals surface area contributed by atoms with Crippen molar-refractivity contribution in [3.63, 3.8) is 0 Å². The number of hydrogen-bond donors (Lipinski definition) is 1. The van der Waals surface area contributed by atoms with Gasteiger partial charge in [0.15, 0.2) is 0 Å². The molecule has 0 bridgehead atoms. The Morgan fingerprint density at radius 2 is 2.00 bits per heavy atom. The lowest BCUT2D eigenvalue weighted by atomic mass is 10.0. The third-order valence-electron chi connectivity index (χ3n) is 2.94. The lowest BCUT2D eigenvalue weighted by Crippen LogP contribution is -2.35. The van der Waals surface area contributed by atoms with Gasteiger partial charge in [-0.15, -0.1) is 11.6 Å². The fourth-order valence-corrected chi connectivity index (χ4v) is 2.30. The lowest BCUT2D eigenvalue weighted by molar-refractivity contribution is -0.121. The first-order valence-electron chi connectivity index (χ1n) is 6.38. The largest absolute Gasteiger partial charge is 0.353 e. The maximum atomic E-state index is 11.9. The molecule has 1 amide bonds. The standard InChI is InChI=1S/C15H22ClNO/c1-10-5-6-11(2)14(7-10)9-15(18)17-13(4)8-12(3)16/h5-7,12-13H,8-9H2,1-4H3,(H,17,18). The molecule has 0 aromatic heterocycles. The molecule has 0 heterocycles. The van der Waals surface area contributed by atoms with Crippen molar-refractivity contribution in [3.8, 4) is 0 Å². The molecule has 1 N–H and O–H groups in total. The van der Waals surface area contributed by atoms with Gasteiger partial charge in [0, 0.05) is 11.4 Å². The van der Waals surface area contributed by atoms with Crippen LogP contribution in [0.15, 0.2) is 18.2 Å². The van der Waals surface area contributed by atoms with Gasteiger partial charge in [0.1, 0.15) is 0 Å². The number of carbonyl (C=O) groups is 1. The number of halogens is 1. The summed E-state index contributed by atoms with van der Waals surface area (Å²) in [5, 5.41) is 3.07. The van der Waals surface area contributed by atoms with E-state index >= 15 is 0 Å². The topological polar surface area (TPSA) is 29.1 Å². The molecule has 0 radical (unpaired) electrons. The van der Waals surface area contributed by atoms with Gasteiger partial charge in [-0.2, -0.15) is 0 Å². The monoisotopic (exact) mass is 267 g/mol. The van der Waals surface area contributed by atoms with Gasteiger partial charge in [-0.05, 0) is 45.2 Å². The fraction of sp³-hybridized carbons (Fsp3) is 0.533. The Labute approximate surface area is 115 Å². The number of hydrogen-bond acceptors (Lipinski definition) is 1. The minimum absolute atomic E-state index is 0.0634. The van der Waals surface area contributed by atoms with Crippen LogP contribution < -0.4 is 5.32 Å². The molecule has 1 aromatic rings. The maximum Gasteiger partial charge on any atom is 0.224 e. The van der Waals surface area contributed by atoms with E-state index in [1.165, 1.54) is 5.56 Å². The maximum absolute atomic E-state index is 11.9. The molecule has 1 rings (SSSR count). The Morgan fingerprint density at radius 3 is 2.61 bits per heavy atom. The van der Waals surface area contributed by atoms with Gasteiger partial charge in [-0.1, -0.05) is 23.8 Å². The molecule has 18 heavy (non-hydrogen) atoms. The van der Waals surface area contributed by atoms with E-state index in [0.717, 1.165) is 17.5 Å². The minimum Gasteiger partial charge on any atom is -0.353 e. The third-order valence-corrected chi connectivity index (χ3v) is 3.12. The van der Waals surface area contributed by atoms with Crippen molar-refractivity contribution < 1.29 is 4.79 Å². The Hall–Kier alpha value is -1.02. The van der Waals surface area contributed by atoms with E-state index in [2.05, 4.69) is 23.5 Å². The Balaban J connectivity index is 2.56. The normalized spacial score (nSPS) is 14.1. The van der Waals surface area contributed by atoms with Crippen LogP contribution in [-0.4, -0.2) is 17.3 Å². The second-order valence-corrected chi connectivity index (χ2v) is 5.84. The highest BCUT2D eigenvalue weighted by Crippen LogP contribution is 2.11. The average molecular weight is 268 g/mol. The Kier molecular flexibility index (Phi) is 5.67. The molecule has 0 fully saturated rings. The number of amides is 1. The van der Waals surface area contributed by atoms with Crippen LogP contribution in [0.3, 0.4) is 0 Å². The van der Waals surface area contributed by atoms with Gasteiger partial charge in [-0.3, -0.25) is 4.79 Å². The molecule has 0 spiro atoms. The van der Waals surface area contributed by atoms with Crippen molar-refractivity contribution in [2.24, 2.45) is 0 Å². The first-order chi connectivity index (χ1) is 8.38. The van der Waals surface area contributed by atoms with Crippen LogP contribution in [-0.2, 0) is 11.2 Å². The van der Waals surface area contributed by atoms with Crippen molar-refractivity contribution in [1.82, 2.24) is 5.32 Å². The van der Waals surface area contributed by atoms with Crippen LogP contribution >= 0.6 is 11.6 Å². The van der Waals surface area contributed by atoms with Crippen LogP contribution in [0, 0.1) is 13.8 Å². The molecule has 2 unspecified atom stereocenters. The number of benzene rings is 1. The fourth-order valence-electron chi connectivity index (χ4n) is 2.04. The highest BCUT2D eigenvalue weighted by Gasteiger charge is 2.11. The van der Waals surface area contributed by atoms with Gasteiger partial charge >= 0.3 is 0 Å². The predicted octanol–water partition coefficient (Wildman–Crippen LogP) is 3.37. The second kappa shape index (κ2) is 6.79. The van der Waals surface area contributed by atoms with Crippen LogP contribution in [0.5, 0.6) is 0 Å². The molecule has 2 atom stereocenters. The van der Waals surface area contributed by atoms with Crippen molar-refractivity contribution in [2.75, 3.05) is 0 Å². The molecule has 0 saturated carbocycles. The molecule has 3 heteroatoms. The van der Waals surface area contributed by atoms with Gasteiger partial charge in [0.25, 0.3) is 0 Å². The SMILES string of the molecule is Cc1ccc(C)c(CC(=O)NC(C)CC(C)Cl)c1. The quantitative estimate of drug-likeness (QED) is 0.815. The van der Waals surface area contributed by atoms with Gasteiger partial charge in [-0.25, -0.2) is 0 Å². The van der Waals surface area contributed by atoms with E-state index in [0.29, 0.717) is 6.42 Å². The summed E-state index contributed by atoms with van der Waals surface area (Å²) in [7, 11) is 0. The smallest absolute Gasteiger partial charge is 0.224 e. The number of rotatable bonds is 5. The van der Waals surface area contributed by atoms with Crippen LogP contribution in [0.1, 0.15) is 37.0 Å². The molecule has 1 aromatic carbocycles. The van der Waals surface area contributed by atoms with E-state index in [1.807, 2.05) is 27.7 Å². The van der Waals surface area contributed by atoms with Gasteiger partial charge < -0.3 is 5.32 Å². The van der Waals surface area contributed by atoms with Crippen LogP contribution in [0.25, 0.3) is 0 Å². The summed E-state index contributed by atoms with van der Waals surface area (Å²) in [6.45, 7) is 8.00. The van der Waals surface area contributed by atoms with E-state index < -0.39 is 0 Å². The summed E-state index contributed by atoms with van der Waals surface area (Å²) >= 11 is 5.91. The average Bonchev–Trinajstić information content (AvgIpc) is 2.21. The van der Waals surface area contributed by atoms with Gasteiger partial charge in [0.05, 0.1) is 6.42 Å². The molecule has 100 valence electrons. The number of aryl methyl sites for hydroxylation is 2.